The molecule has 0 saturated carbocycles. The Morgan fingerprint density at radius 2 is 1.94 bits per heavy atom. The van der Waals surface area contributed by atoms with Crippen LogP contribution in [0, 0.1) is 3.57 Å². The molecule has 0 fully saturated rings. The minimum absolute atomic E-state index is 0.156. The summed E-state index contributed by atoms with van der Waals surface area (Å²) in [5.41, 5.74) is 1.35. The van der Waals surface area contributed by atoms with Crippen LogP contribution in [0.15, 0.2) is 51.8 Å². The lowest BCUT2D eigenvalue weighted by atomic mass is 10.2. The van der Waals surface area contributed by atoms with Crippen molar-refractivity contribution in [2.24, 2.45) is 0 Å². The van der Waals surface area contributed by atoms with Crippen molar-refractivity contribution in [1.29, 1.82) is 0 Å². The molecule has 2 rings (SSSR count). The zero-order valence-corrected chi connectivity index (χ0v) is 13.8. The number of nitrogens with one attached hydrogen (secondary N) is 1. The second-order valence-corrected chi connectivity index (χ2v) is 6.16. The smallest absolute Gasteiger partial charge is 0.256 e. The number of amides is 1. The molecule has 2 aromatic rings. The van der Waals surface area contributed by atoms with Crippen molar-refractivity contribution in [3.63, 3.8) is 0 Å². The average molecular weight is 434 g/mol. The molecule has 0 radical (unpaired) electrons. The fourth-order valence-electron chi connectivity index (χ4n) is 1.45. The fraction of sp³-hybridized carbons (Fsp3) is 0. The number of halogens is 2. The van der Waals surface area contributed by atoms with Gasteiger partial charge in [-0.05, 0) is 52.9 Å². The summed E-state index contributed by atoms with van der Waals surface area (Å²) in [5.74, 6) is -0.156. The summed E-state index contributed by atoms with van der Waals surface area (Å²) in [7, 11) is 0. The van der Waals surface area contributed by atoms with E-state index in [1.165, 1.54) is 0 Å². The number of carbonyl (C=O) groups is 1. The zero-order chi connectivity index (χ0) is 13.1. The first kappa shape index (κ1) is 13.9. The molecule has 1 amide bonds. The van der Waals surface area contributed by atoms with Crippen molar-refractivity contribution in [3.8, 4) is 0 Å². The first-order valence-electron chi connectivity index (χ1n) is 5.12. The number of carbonyl (C=O) groups excluding carboxylic acids is 1. The molecule has 0 aliphatic heterocycles. The van der Waals surface area contributed by atoms with Crippen molar-refractivity contribution in [1.82, 2.24) is 0 Å². The summed E-state index contributed by atoms with van der Waals surface area (Å²) in [5, 5.41) is 2.88. The van der Waals surface area contributed by atoms with Crippen LogP contribution in [0.3, 0.4) is 0 Å². The van der Waals surface area contributed by atoms with Crippen LogP contribution in [0.2, 0.25) is 0 Å². The summed E-state index contributed by atoms with van der Waals surface area (Å²) in [4.78, 5) is 12.8. The summed E-state index contributed by atoms with van der Waals surface area (Å²) in [6.45, 7) is 0. The Morgan fingerprint density at radius 1 is 1.22 bits per heavy atom. The van der Waals surface area contributed by atoms with Crippen molar-refractivity contribution in [2.45, 2.75) is 4.90 Å². The Balaban J connectivity index is 2.27. The van der Waals surface area contributed by atoms with Gasteiger partial charge in [0.2, 0.25) is 0 Å². The number of hydrogen-bond donors (Lipinski definition) is 2. The van der Waals surface area contributed by atoms with Gasteiger partial charge >= 0.3 is 0 Å². The minimum Gasteiger partial charge on any atom is -0.321 e. The van der Waals surface area contributed by atoms with Crippen LogP contribution >= 0.6 is 51.1 Å². The van der Waals surface area contributed by atoms with Crippen molar-refractivity contribution >= 4 is 62.7 Å². The van der Waals surface area contributed by atoms with E-state index in [0.29, 0.717) is 10.5 Å². The van der Waals surface area contributed by atoms with Crippen LogP contribution in [-0.2, 0) is 0 Å². The number of hydrogen-bond acceptors (Lipinski definition) is 2. The summed E-state index contributed by atoms with van der Waals surface area (Å²) in [6, 6.07) is 13.0. The van der Waals surface area contributed by atoms with Crippen LogP contribution < -0.4 is 5.32 Å². The maximum absolute atomic E-state index is 12.1. The summed E-state index contributed by atoms with van der Waals surface area (Å²) >= 11 is 9.85. The highest BCUT2D eigenvalue weighted by atomic mass is 127. The molecule has 0 aliphatic carbocycles. The van der Waals surface area contributed by atoms with E-state index in [1.54, 1.807) is 12.1 Å². The minimum atomic E-state index is -0.156. The molecule has 0 aliphatic rings. The number of thiol groups is 1. The third kappa shape index (κ3) is 3.27. The molecule has 1 N–H and O–H groups in total. The van der Waals surface area contributed by atoms with E-state index in [2.05, 4.69) is 56.5 Å². The molecule has 0 unspecified atom stereocenters. The van der Waals surface area contributed by atoms with Crippen LogP contribution in [0.5, 0.6) is 0 Å². The summed E-state index contributed by atoms with van der Waals surface area (Å²) < 4.78 is 1.91. The largest absolute Gasteiger partial charge is 0.321 e. The molecule has 5 heteroatoms. The zero-order valence-electron chi connectivity index (χ0n) is 9.15. The highest BCUT2D eigenvalue weighted by Gasteiger charge is 2.10. The van der Waals surface area contributed by atoms with Crippen LogP contribution in [0.1, 0.15) is 10.4 Å². The number of rotatable bonds is 2. The van der Waals surface area contributed by atoms with Crippen molar-refractivity contribution in [3.05, 3.63) is 56.1 Å². The molecule has 92 valence electrons. The van der Waals surface area contributed by atoms with E-state index in [0.717, 1.165) is 13.7 Å². The predicted molar refractivity (Wildman–Crippen MR) is 88.5 cm³/mol. The van der Waals surface area contributed by atoms with E-state index in [-0.39, 0.29) is 5.91 Å². The van der Waals surface area contributed by atoms with Crippen LogP contribution in [0.4, 0.5) is 5.69 Å². The average Bonchev–Trinajstić information content (AvgIpc) is 2.34. The van der Waals surface area contributed by atoms with Gasteiger partial charge in [-0.25, -0.2) is 0 Å². The SMILES string of the molecule is O=C(Nc1cc(Br)ccc1I)c1ccccc1S. The molecule has 0 saturated heterocycles. The van der Waals surface area contributed by atoms with Gasteiger partial charge in [0.15, 0.2) is 0 Å². The monoisotopic (exact) mass is 433 g/mol. The Bertz CT molecular complexity index is 603. The van der Waals surface area contributed by atoms with Gasteiger partial charge in [0.25, 0.3) is 5.91 Å². The second kappa shape index (κ2) is 6.08. The maximum Gasteiger partial charge on any atom is 0.256 e. The quantitative estimate of drug-likeness (QED) is 0.526. The number of anilines is 1. The van der Waals surface area contributed by atoms with Gasteiger partial charge in [-0.3, -0.25) is 4.79 Å². The first-order chi connectivity index (χ1) is 8.58. The van der Waals surface area contributed by atoms with E-state index in [1.807, 2.05) is 30.3 Å². The maximum atomic E-state index is 12.1. The third-order valence-electron chi connectivity index (χ3n) is 2.33. The number of benzene rings is 2. The lowest BCUT2D eigenvalue weighted by Crippen LogP contribution is -2.13. The lowest BCUT2D eigenvalue weighted by molar-refractivity contribution is 0.102. The van der Waals surface area contributed by atoms with Gasteiger partial charge in [0, 0.05) is 12.9 Å². The fourth-order valence-corrected chi connectivity index (χ4v) is 2.54. The van der Waals surface area contributed by atoms with E-state index < -0.39 is 0 Å². The third-order valence-corrected chi connectivity index (χ3v) is 4.15. The molecular weight excluding hydrogens is 425 g/mol. The standard InChI is InChI=1S/C13H9BrINOS/c14-8-5-6-10(15)11(7-8)16-13(17)9-3-1-2-4-12(9)18/h1-7,18H,(H,16,17). The Labute approximate surface area is 133 Å². The van der Waals surface area contributed by atoms with Crippen molar-refractivity contribution < 1.29 is 4.79 Å². The van der Waals surface area contributed by atoms with Gasteiger partial charge in [-0.15, -0.1) is 12.6 Å². The topological polar surface area (TPSA) is 29.1 Å². The van der Waals surface area contributed by atoms with Gasteiger partial charge in [-0.1, -0.05) is 28.1 Å². The highest BCUT2D eigenvalue weighted by molar-refractivity contribution is 14.1. The molecule has 2 nitrogen and oxygen atoms in total. The van der Waals surface area contributed by atoms with Crippen molar-refractivity contribution in [2.75, 3.05) is 5.32 Å². The Kier molecular flexibility index (Phi) is 4.69. The van der Waals surface area contributed by atoms with Crippen LogP contribution in [-0.4, -0.2) is 5.91 Å². The van der Waals surface area contributed by atoms with Gasteiger partial charge in [-0.2, -0.15) is 0 Å². The molecule has 0 spiro atoms. The predicted octanol–water partition coefficient (Wildman–Crippen LogP) is 4.59. The highest BCUT2D eigenvalue weighted by Crippen LogP contribution is 2.24. The molecule has 0 bridgehead atoms. The van der Waals surface area contributed by atoms with Gasteiger partial charge < -0.3 is 5.32 Å². The summed E-state index contributed by atoms with van der Waals surface area (Å²) in [6.07, 6.45) is 0. The van der Waals surface area contributed by atoms with Gasteiger partial charge in [0.1, 0.15) is 0 Å². The lowest BCUT2D eigenvalue weighted by Gasteiger charge is -2.09. The normalized spacial score (nSPS) is 10.2. The Morgan fingerprint density at radius 3 is 2.67 bits per heavy atom. The molecule has 18 heavy (non-hydrogen) atoms. The molecule has 0 heterocycles. The Hall–Kier alpha value is -0.530. The van der Waals surface area contributed by atoms with E-state index in [9.17, 15) is 4.79 Å². The molecule has 0 atom stereocenters. The molecule has 2 aromatic carbocycles. The van der Waals surface area contributed by atoms with E-state index >= 15 is 0 Å². The first-order valence-corrected chi connectivity index (χ1v) is 7.44. The molecule has 0 aromatic heterocycles. The second-order valence-electron chi connectivity index (χ2n) is 3.60. The molecular formula is C13H9BrINOS. The van der Waals surface area contributed by atoms with Gasteiger partial charge in [0.05, 0.1) is 11.3 Å². The van der Waals surface area contributed by atoms with Crippen LogP contribution in [0.25, 0.3) is 0 Å². The van der Waals surface area contributed by atoms with E-state index in [4.69, 9.17) is 0 Å².